The lowest BCUT2D eigenvalue weighted by Gasteiger charge is -2.47. The van der Waals surface area contributed by atoms with E-state index in [-0.39, 0.29) is 5.54 Å². The monoisotopic (exact) mass is 241 g/mol. The maximum absolute atomic E-state index is 6.05. The average molecular weight is 241 g/mol. The van der Waals surface area contributed by atoms with Crippen molar-refractivity contribution in [2.24, 2.45) is 11.7 Å². The maximum atomic E-state index is 6.05. The Morgan fingerprint density at radius 2 is 2.00 bits per heavy atom. The van der Waals surface area contributed by atoms with Gasteiger partial charge >= 0.3 is 0 Å². The van der Waals surface area contributed by atoms with Gasteiger partial charge in [0, 0.05) is 37.8 Å². The van der Waals surface area contributed by atoms with Gasteiger partial charge in [-0.05, 0) is 39.7 Å². The lowest BCUT2D eigenvalue weighted by molar-refractivity contribution is 0.0204. The van der Waals surface area contributed by atoms with Gasteiger partial charge in [-0.15, -0.1) is 0 Å². The van der Waals surface area contributed by atoms with Gasteiger partial charge in [-0.1, -0.05) is 13.8 Å². The number of rotatable bonds is 5. The third-order valence-corrected chi connectivity index (χ3v) is 4.42. The van der Waals surface area contributed by atoms with Crippen molar-refractivity contribution in [3.8, 4) is 0 Å². The van der Waals surface area contributed by atoms with E-state index in [0.717, 1.165) is 25.6 Å². The van der Waals surface area contributed by atoms with Gasteiger partial charge in [-0.25, -0.2) is 0 Å². The molecule has 0 aromatic carbocycles. The van der Waals surface area contributed by atoms with Crippen molar-refractivity contribution in [3.63, 3.8) is 0 Å². The number of hydrogen-bond donors (Lipinski definition) is 1. The van der Waals surface area contributed by atoms with E-state index < -0.39 is 0 Å². The van der Waals surface area contributed by atoms with E-state index in [0.29, 0.717) is 6.04 Å². The van der Waals surface area contributed by atoms with Crippen molar-refractivity contribution in [3.05, 3.63) is 0 Å². The summed E-state index contributed by atoms with van der Waals surface area (Å²) < 4.78 is 0. The zero-order valence-electron chi connectivity index (χ0n) is 12.4. The van der Waals surface area contributed by atoms with Gasteiger partial charge in [0.05, 0.1) is 0 Å². The Labute approximate surface area is 107 Å². The van der Waals surface area contributed by atoms with Gasteiger partial charge in [0.2, 0.25) is 0 Å². The van der Waals surface area contributed by atoms with Gasteiger partial charge in [-0.3, -0.25) is 4.90 Å². The quantitative estimate of drug-likeness (QED) is 0.796. The first kappa shape index (κ1) is 14.9. The van der Waals surface area contributed by atoms with E-state index >= 15 is 0 Å². The molecule has 17 heavy (non-hydrogen) atoms. The van der Waals surface area contributed by atoms with Crippen LogP contribution in [0.2, 0.25) is 0 Å². The molecular formula is C14H31N3. The molecule has 0 amide bonds. The second-order valence-electron chi connectivity index (χ2n) is 6.41. The molecule has 102 valence electrons. The molecule has 1 aliphatic rings. The average Bonchev–Trinajstić information content (AvgIpc) is 2.29. The van der Waals surface area contributed by atoms with Gasteiger partial charge in [-0.2, -0.15) is 0 Å². The molecule has 3 heteroatoms. The maximum Gasteiger partial charge on any atom is 0.0304 e. The van der Waals surface area contributed by atoms with Crippen LogP contribution in [0.5, 0.6) is 0 Å². The molecule has 2 unspecified atom stereocenters. The fourth-order valence-electron chi connectivity index (χ4n) is 2.53. The zero-order valence-corrected chi connectivity index (χ0v) is 12.4. The van der Waals surface area contributed by atoms with Crippen LogP contribution in [0.3, 0.4) is 0 Å². The number of likely N-dealkylation sites (N-methyl/N-ethyl adjacent to an activating group) is 1. The van der Waals surface area contributed by atoms with Crippen LogP contribution in [-0.4, -0.2) is 54.6 Å². The molecule has 1 fully saturated rings. The van der Waals surface area contributed by atoms with Gasteiger partial charge in [0.1, 0.15) is 0 Å². The fourth-order valence-corrected chi connectivity index (χ4v) is 2.53. The fraction of sp³-hybridized carbons (Fsp3) is 1.00. The summed E-state index contributed by atoms with van der Waals surface area (Å²) in [6.45, 7) is 13.5. The Bertz CT molecular complexity index is 230. The number of piperazine rings is 1. The van der Waals surface area contributed by atoms with E-state index in [9.17, 15) is 0 Å². The highest BCUT2D eigenvalue weighted by atomic mass is 15.3. The molecule has 1 heterocycles. The number of nitrogens with zero attached hydrogens (tertiary/aromatic N) is 2. The summed E-state index contributed by atoms with van der Waals surface area (Å²) in [5.41, 5.74) is 6.24. The summed E-state index contributed by atoms with van der Waals surface area (Å²) in [6.07, 6.45) is 2.49. The van der Waals surface area contributed by atoms with Crippen LogP contribution in [0, 0.1) is 5.92 Å². The molecule has 1 rings (SSSR count). The first-order valence-electron chi connectivity index (χ1n) is 7.04. The Balaban J connectivity index is 2.59. The van der Waals surface area contributed by atoms with Gasteiger partial charge in [0.15, 0.2) is 0 Å². The Kier molecular flexibility index (Phi) is 5.42. The highest BCUT2D eigenvalue weighted by Gasteiger charge is 2.34. The van der Waals surface area contributed by atoms with Crippen LogP contribution in [-0.2, 0) is 0 Å². The normalized spacial score (nSPS) is 27.4. The highest BCUT2D eigenvalue weighted by Crippen LogP contribution is 2.25. The second-order valence-corrected chi connectivity index (χ2v) is 6.41. The van der Waals surface area contributed by atoms with E-state index in [2.05, 4.69) is 44.5 Å². The molecule has 0 aromatic rings. The molecule has 0 aromatic heterocycles. The molecule has 0 spiro atoms. The van der Waals surface area contributed by atoms with Crippen molar-refractivity contribution in [2.75, 3.05) is 33.2 Å². The zero-order chi connectivity index (χ0) is 13.1. The number of nitrogens with two attached hydrogens (primary N) is 1. The van der Waals surface area contributed by atoms with Crippen LogP contribution in [0.15, 0.2) is 0 Å². The predicted molar refractivity (Wildman–Crippen MR) is 75.2 cm³/mol. The molecule has 1 saturated heterocycles. The summed E-state index contributed by atoms with van der Waals surface area (Å²) in [5, 5.41) is 0. The van der Waals surface area contributed by atoms with Crippen molar-refractivity contribution in [2.45, 2.75) is 52.1 Å². The van der Waals surface area contributed by atoms with Crippen LogP contribution < -0.4 is 5.73 Å². The van der Waals surface area contributed by atoms with Crippen LogP contribution in [0.25, 0.3) is 0 Å². The molecule has 0 saturated carbocycles. The first-order valence-corrected chi connectivity index (χ1v) is 7.04. The van der Waals surface area contributed by atoms with Crippen LogP contribution >= 0.6 is 0 Å². The Hall–Kier alpha value is -0.120. The summed E-state index contributed by atoms with van der Waals surface area (Å²) in [7, 11) is 2.22. The van der Waals surface area contributed by atoms with Gasteiger partial charge < -0.3 is 10.6 Å². The lowest BCUT2D eigenvalue weighted by atomic mass is 9.89. The second kappa shape index (κ2) is 6.17. The van der Waals surface area contributed by atoms with Crippen molar-refractivity contribution in [1.82, 2.24) is 9.80 Å². The molecule has 0 aliphatic carbocycles. The van der Waals surface area contributed by atoms with Gasteiger partial charge in [0.25, 0.3) is 0 Å². The minimum atomic E-state index is 0.194. The third kappa shape index (κ3) is 3.94. The topological polar surface area (TPSA) is 32.5 Å². The van der Waals surface area contributed by atoms with Crippen LogP contribution in [0.1, 0.15) is 40.5 Å². The smallest absolute Gasteiger partial charge is 0.0304 e. The first-order chi connectivity index (χ1) is 7.89. The van der Waals surface area contributed by atoms with Crippen LogP contribution in [0.4, 0.5) is 0 Å². The summed E-state index contributed by atoms with van der Waals surface area (Å²) >= 11 is 0. The largest absolute Gasteiger partial charge is 0.329 e. The minimum absolute atomic E-state index is 0.194. The summed E-state index contributed by atoms with van der Waals surface area (Å²) in [6, 6.07) is 0.647. The Morgan fingerprint density at radius 3 is 2.47 bits per heavy atom. The molecular weight excluding hydrogens is 210 g/mol. The van der Waals surface area contributed by atoms with Crippen molar-refractivity contribution < 1.29 is 0 Å². The molecule has 2 atom stereocenters. The molecule has 0 bridgehead atoms. The van der Waals surface area contributed by atoms with Crippen molar-refractivity contribution >= 4 is 0 Å². The molecule has 1 aliphatic heterocycles. The molecule has 0 radical (unpaired) electrons. The summed E-state index contributed by atoms with van der Waals surface area (Å²) in [5.74, 6) is 0.769. The third-order valence-electron chi connectivity index (χ3n) is 4.42. The number of hydrogen-bond acceptors (Lipinski definition) is 3. The van der Waals surface area contributed by atoms with E-state index in [4.69, 9.17) is 5.73 Å². The predicted octanol–water partition coefficient (Wildman–Crippen LogP) is 1.78. The SMILES string of the molecule is CC(C)CCC(C)(CN)N1CCN(C)C(C)C1. The highest BCUT2D eigenvalue weighted by molar-refractivity contribution is 4.92. The van der Waals surface area contributed by atoms with Crippen molar-refractivity contribution in [1.29, 1.82) is 0 Å². The Morgan fingerprint density at radius 1 is 1.35 bits per heavy atom. The lowest BCUT2D eigenvalue weighted by Crippen LogP contribution is -2.60. The standard InChI is InChI=1S/C14H31N3/c1-12(2)6-7-14(4,11-15)17-9-8-16(5)13(3)10-17/h12-13H,6-11,15H2,1-5H3. The van der Waals surface area contributed by atoms with E-state index in [1.807, 2.05) is 0 Å². The van der Waals surface area contributed by atoms with E-state index in [1.165, 1.54) is 19.4 Å². The molecule has 3 nitrogen and oxygen atoms in total. The minimum Gasteiger partial charge on any atom is -0.329 e. The van der Waals surface area contributed by atoms with E-state index in [1.54, 1.807) is 0 Å². The molecule has 2 N–H and O–H groups in total. The summed E-state index contributed by atoms with van der Waals surface area (Å²) in [4.78, 5) is 5.05.